The van der Waals surface area contributed by atoms with E-state index in [4.69, 9.17) is 9.84 Å². The Morgan fingerprint density at radius 3 is 2.24 bits per heavy atom. The Labute approximate surface area is 193 Å². The average Bonchev–Trinajstić information content (AvgIpc) is 2.87. The number of hydrogen-bond acceptors (Lipinski definition) is 5. The average molecular weight is 445 g/mol. The summed E-state index contributed by atoms with van der Waals surface area (Å²) in [6.45, 7) is -0.646. The van der Waals surface area contributed by atoms with Crippen LogP contribution in [0.3, 0.4) is 0 Å². The Morgan fingerprint density at radius 1 is 0.939 bits per heavy atom. The zero-order valence-corrected chi connectivity index (χ0v) is 18.4. The number of aliphatic hydroxyl groups excluding tert-OH is 1. The van der Waals surface area contributed by atoms with Crippen molar-refractivity contribution < 1.29 is 19.4 Å². The molecule has 1 aliphatic rings. The summed E-state index contributed by atoms with van der Waals surface area (Å²) in [4.78, 5) is 24.5. The molecule has 3 aromatic rings. The number of hydrazine groups is 1. The maximum absolute atomic E-state index is 13.0. The first-order valence-corrected chi connectivity index (χ1v) is 11.3. The second-order valence-electron chi connectivity index (χ2n) is 8.13. The third-order valence-electron chi connectivity index (χ3n) is 5.93. The smallest absolute Gasteiger partial charge is 0.337 e. The van der Waals surface area contributed by atoms with E-state index in [2.05, 4.69) is 5.43 Å². The summed E-state index contributed by atoms with van der Waals surface area (Å²) in [6.07, 6.45) is 3.85. The molecule has 0 spiro atoms. The van der Waals surface area contributed by atoms with Crippen LogP contribution in [-0.4, -0.2) is 23.6 Å². The Balaban J connectivity index is 1.45. The number of nitrogens with zero attached hydrogens (tertiary/aromatic N) is 1. The highest BCUT2D eigenvalue weighted by molar-refractivity contribution is 5.80. The van der Waals surface area contributed by atoms with Gasteiger partial charge in [0.15, 0.2) is 0 Å². The molecule has 6 nitrogen and oxygen atoms in total. The number of rotatable bonds is 8. The SMILES string of the molecule is O=C(CCC1CCCc2c(OC(=O)CO)cccc21)NN(c1ccccc1)c1ccccc1. The molecular weight excluding hydrogens is 416 g/mol. The van der Waals surface area contributed by atoms with Gasteiger partial charge in [-0.1, -0.05) is 48.5 Å². The van der Waals surface area contributed by atoms with Gasteiger partial charge in [0.1, 0.15) is 12.4 Å². The number of anilines is 2. The van der Waals surface area contributed by atoms with Crippen LogP contribution in [0.15, 0.2) is 78.9 Å². The fraction of sp³-hybridized carbons (Fsp3) is 0.259. The molecule has 33 heavy (non-hydrogen) atoms. The van der Waals surface area contributed by atoms with Crippen molar-refractivity contribution in [2.75, 3.05) is 11.6 Å². The summed E-state index contributed by atoms with van der Waals surface area (Å²) < 4.78 is 5.31. The molecule has 3 aromatic carbocycles. The van der Waals surface area contributed by atoms with Gasteiger partial charge in [-0.25, -0.2) is 4.79 Å². The van der Waals surface area contributed by atoms with Crippen LogP contribution in [0.5, 0.6) is 5.75 Å². The summed E-state index contributed by atoms with van der Waals surface area (Å²) >= 11 is 0. The van der Waals surface area contributed by atoms with Crippen LogP contribution in [0.25, 0.3) is 0 Å². The van der Waals surface area contributed by atoms with Crippen molar-refractivity contribution in [1.82, 2.24) is 5.43 Å². The van der Waals surface area contributed by atoms with Gasteiger partial charge in [0.05, 0.1) is 11.4 Å². The van der Waals surface area contributed by atoms with Crippen molar-refractivity contribution in [1.29, 1.82) is 0 Å². The van der Waals surface area contributed by atoms with Gasteiger partial charge < -0.3 is 9.84 Å². The first-order chi connectivity index (χ1) is 16.2. The number of aliphatic hydroxyl groups is 1. The molecule has 0 saturated heterocycles. The summed E-state index contributed by atoms with van der Waals surface area (Å²) in [5.74, 6) is 0.0127. The van der Waals surface area contributed by atoms with Crippen molar-refractivity contribution in [3.05, 3.63) is 90.0 Å². The Morgan fingerprint density at radius 2 is 1.61 bits per heavy atom. The van der Waals surface area contributed by atoms with Crippen molar-refractivity contribution in [3.8, 4) is 5.75 Å². The molecule has 4 rings (SSSR count). The molecule has 6 heteroatoms. The van der Waals surface area contributed by atoms with Crippen LogP contribution >= 0.6 is 0 Å². The quantitative estimate of drug-likeness (QED) is 0.300. The number of carbonyl (C=O) groups excluding carboxylic acids is 2. The number of esters is 1. The van der Waals surface area contributed by atoms with Gasteiger partial charge in [-0.2, -0.15) is 0 Å². The van der Waals surface area contributed by atoms with Crippen LogP contribution in [0, 0.1) is 0 Å². The second-order valence-corrected chi connectivity index (χ2v) is 8.13. The van der Waals surface area contributed by atoms with Crippen molar-refractivity contribution in [2.45, 2.75) is 38.0 Å². The molecule has 0 aliphatic heterocycles. The summed E-state index contributed by atoms with van der Waals surface area (Å²) in [5, 5.41) is 10.8. The molecule has 0 bridgehead atoms. The molecule has 0 heterocycles. The predicted molar refractivity (Wildman–Crippen MR) is 127 cm³/mol. The highest BCUT2D eigenvalue weighted by Crippen LogP contribution is 2.39. The lowest BCUT2D eigenvalue weighted by molar-refractivity contribution is -0.137. The van der Waals surface area contributed by atoms with Crippen molar-refractivity contribution in [2.24, 2.45) is 0 Å². The third-order valence-corrected chi connectivity index (χ3v) is 5.93. The molecule has 2 N–H and O–H groups in total. The van der Waals surface area contributed by atoms with E-state index in [0.29, 0.717) is 18.6 Å². The first-order valence-electron chi connectivity index (χ1n) is 11.3. The van der Waals surface area contributed by atoms with E-state index in [9.17, 15) is 9.59 Å². The van der Waals surface area contributed by atoms with Gasteiger partial charge in [-0.15, -0.1) is 0 Å². The number of fused-ring (bicyclic) bond motifs is 1. The largest absolute Gasteiger partial charge is 0.425 e. The van der Waals surface area contributed by atoms with Crippen LogP contribution < -0.4 is 15.2 Å². The molecular formula is C27H28N2O4. The predicted octanol–water partition coefficient (Wildman–Crippen LogP) is 4.65. The van der Waals surface area contributed by atoms with E-state index >= 15 is 0 Å². The lowest BCUT2D eigenvalue weighted by Crippen LogP contribution is -2.39. The van der Waals surface area contributed by atoms with E-state index < -0.39 is 12.6 Å². The molecule has 0 aromatic heterocycles. The maximum Gasteiger partial charge on any atom is 0.337 e. The second kappa shape index (κ2) is 10.8. The normalized spacial score (nSPS) is 14.8. The topological polar surface area (TPSA) is 78.9 Å². The molecule has 0 radical (unpaired) electrons. The highest BCUT2D eigenvalue weighted by Gasteiger charge is 2.24. The summed E-state index contributed by atoms with van der Waals surface area (Å²) in [5.41, 5.74) is 6.96. The number of amides is 1. The molecule has 1 atom stereocenters. The van der Waals surface area contributed by atoms with E-state index in [1.807, 2.05) is 77.8 Å². The van der Waals surface area contributed by atoms with E-state index in [1.165, 1.54) is 0 Å². The zero-order chi connectivity index (χ0) is 23.0. The van der Waals surface area contributed by atoms with Crippen molar-refractivity contribution in [3.63, 3.8) is 0 Å². The van der Waals surface area contributed by atoms with Gasteiger partial charge >= 0.3 is 5.97 Å². The standard InChI is InChI=1S/C27H28N2O4/c30-19-27(32)33-25-16-8-14-23-20(9-7-15-24(23)25)17-18-26(31)28-29(21-10-3-1-4-11-21)22-12-5-2-6-13-22/h1-6,8,10-14,16,20,30H,7,9,15,17-19H2,(H,28,31). The number of para-hydroxylation sites is 2. The Kier molecular flexibility index (Phi) is 7.37. The first kappa shape index (κ1) is 22.6. The number of nitrogens with one attached hydrogen (secondary N) is 1. The molecule has 0 fully saturated rings. The minimum absolute atomic E-state index is 0.0577. The number of ether oxygens (including phenoxy) is 1. The number of carbonyl (C=O) groups is 2. The van der Waals surface area contributed by atoms with Gasteiger partial charge in [-0.3, -0.25) is 15.2 Å². The van der Waals surface area contributed by atoms with Crippen molar-refractivity contribution >= 4 is 23.3 Å². The molecule has 1 aliphatic carbocycles. The van der Waals surface area contributed by atoms with E-state index in [1.54, 1.807) is 6.07 Å². The Hall–Kier alpha value is -3.64. The zero-order valence-electron chi connectivity index (χ0n) is 18.4. The third kappa shape index (κ3) is 5.59. The van der Waals surface area contributed by atoms with Gasteiger partial charge in [-0.05, 0) is 73.1 Å². The van der Waals surface area contributed by atoms with Gasteiger partial charge in [0.25, 0.3) is 0 Å². The molecule has 170 valence electrons. The Bertz CT molecular complexity index is 1050. The maximum atomic E-state index is 13.0. The van der Waals surface area contributed by atoms with Crippen LogP contribution in [0.4, 0.5) is 11.4 Å². The monoisotopic (exact) mass is 444 g/mol. The molecule has 1 unspecified atom stereocenters. The van der Waals surface area contributed by atoms with Gasteiger partial charge in [0, 0.05) is 6.42 Å². The minimum Gasteiger partial charge on any atom is -0.425 e. The summed E-state index contributed by atoms with van der Waals surface area (Å²) in [7, 11) is 0. The van der Waals surface area contributed by atoms with Gasteiger partial charge in [0.2, 0.25) is 5.91 Å². The molecule has 0 saturated carbocycles. The fourth-order valence-electron chi connectivity index (χ4n) is 4.38. The fourth-order valence-corrected chi connectivity index (χ4v) is 4.38. The van der Waals surface area contributed by atoms with Crippen LogP contribution in [0.1, 0.15) is 42.7 Å². The minimum atomic E-state index is -0.660. The van der Waals surface area contributed by atoms with Crippen LogP contribution in [0.2, 0.25) is 0 Å². The van der Waals surface area contributed by atoms with Crippen LogP contribution in [-0.2, 0) is 16.0 Å². The number of benzene rings is 3. The lowest BCUT2D eigenvalue weighted by Gasteiger charge is -2.28. The van der Waals surface area contributed by atoms with E-state index in [0.717, 1.165) is 41.8 Å². The molecule has 1 amide bonds. The van der Waals surface area contributed by atoms with E-state index in [-0.39, 0.29) is 11.8 Å². The summed E-state index contributed by atoms with van der Waals surface area (Å²) in [6, 6.07) is 25.2. The number of hydrogen-bond donors (Lipinski definition) is 2. The highest BCUT2D eigenvalue weighted by atomic mass is 16.5. The lowest BCUT2D eigenvalue weighted by atomic mass is 9.80.